The second-order valence-electron chi connectivity index (χ2n) is 8.96. The lowest BCUT2D eigenvalue weighted by molar-refractivity contribution is -0.138. The molecular weight excluding hydrogens is 466 g/mol. The van der Waals surface area contributed by atoms with Crippen molar-refractivity contribution in [2.24, 2.45) is 5.92 Å². The van der Waals surface area contributed by atoms with E-state index in [9.17, 15) is 9.59 Å². The van der Waals surface area contributed by atoms with Crippen molar-refractivity contribution in [1.82, 2.24) is 14.8 Å². The number of aromatic amines is 1. The van der Waals surface area contributed by atoms with E-state index in [1.807, 2.05) is 29.2 Å². The number of hydrogen-bond acceptors (Lipinski definition) is 2. The molecule has 32 heavy (non-hydrogen) atoms. The molecule has 0 spiro atoms. The fraction of sp³-hybridized carbons (Fsp3) is 0.385. The molecule has 0 bridgehead atoms. The first kappa shape index (κ1) is 21.3. The number of halogens is 1. The molecule has 2 aromatic carbocycles. The molecular formula is C26H28BrN3O2. The van der Waals surface area contributed by atoms with Crippen LogP contribution in [0.2, 0.25) is 0 Å². The van der Waals surface area contributed by atoms with Crippen molar-refractivity contribution in [3.63, 3.8) is 0 Å². The van der Waals surface area contributed by atoms with E-state index >= 15 is 0 Å². The van der Waals surface area contributed by atoms with E-state index in [1.165, 1.54) is 16.5 Å². The molecule has 0 atom stereocenters. The van der Waals surface area contributed by atoms with Gasteiger partial charge in [-0.1, -0.05) is 34.1 Å². The smallest absolute Gasteiger partial charge is 0.253 e. The largest absolute Gasteiger partial charge is 0.361 e. The van der Waals surface area contributed by atoms with Crippen LogP contribution < -0.4 is 0 Å². The maximum Gasteiger partial charge on any atom is 0.253 e. The van der Waals surface area contributed by atoms with E-state index in [0.717, 1.165) is 43.2 Å². The summed E-state index contributed by atoms with van der Waals surface area (Å²) in [5.74, 6) is 0.871. The Morgan fingerprint density at radius 1 is 0.844 bits per heavy atom. The molecule has 166 valence electrons. The average molecular weight is 494 g/mol. The number of carbonyl (C=O) groups is 2. The minimum absolute atomic E-state index is 0.0357. The zero-order valence-corrected chi connectivity index (χ0v) is 19.7. The maximum absolute atomic E-state index is 13.2. The van der Waals surface area contributed by atoms with Gasteiger partial charge in [-0.05, 0) is 67.5 Å². The molecule has 1 N–H and O–H groups in total. The Bertz CT molecular complexity index is 1110. The van der Waals surface area contributed by atoms with Gasteiger partial charge in [0.25, 0.3) is 5.91 Å². The van der Waals surface area contributed by atoms with Crippen LogP contribution in [0, 0.1) is 5.92 Å². The Labute approximate surface area is 196 Å². The van der Waals surface area contributed by atoms with Gasteiger partial charge in [0.2, 0.25) is 5.91 Å². The molecule has 0 saturated carbocycles. The maximum atomic E-state index is 13.2. The number of amides is 2. The molecule has 2 aliphatic heterocycles. The van der Waals surface area contributed by atoms with Gasteiger partial charge in [0.05, 0.1) is 0 Å². The first-order chi connectivity index (χ1) is 15.6. The van der Waals surface area contributed by atoms with E-state index < -0.39 is 0 Å². The predicted molar refractivity (Wildman–Crippen MR) is 130 cm³/mol. The van der Waals surface area contributed by atoms with Gasteiger partial charge in [-0.25, -0.2) is 0 Å². The molecule has 0 unspecified atom stereocenters. The summed E-state index contributed by atoms with van der Waals surface area (Å²) in [4.78, 5) is 33.2. The summed E-state index contributed by atoms with van der Waals surface area (Å²) in [7, 11) is 0. The highest BCUT2D eigenvalue weighted by Gasteiger charge is 2.33. The molecule has 5 rings (SSSR count). The normalized spacial score (nSPS) is 18.3. The third-order valence-electron chi connectivity index (χ3n) is 7.09. The van der Waals surface area contributed by atoms with Crippen LogP contribution in [0.5, 0.6) is 0 Å². The topological polar surface area (TPSA) is 56.4 Å². The Hall–Kier alpha value is -2.60. The number of para-hydroxylation sites is 1. The van der Waals surface area contributed by atoms with E-state index in [1.54, 1.807) is 0 Å². The highest BCUT2D eigenvalue weighted by molar-refractivity contribution is 9.10. The number of hydrogen-bond donors (Lipinski definition) is 1. The van der Waals surface area contributed by atoms with Crippen LogP contribution >= 0.6 is 15.9 Å². The summed E-state index contributed by atoms with van der Waals surface area (Å²) in [6, 6.07) is 15.9. The molecule has 3 aromatic rings. The van der Waals surface area contributed by atoms with Crippen molar-refractivity contribution in [3.05, 3.63) is 70.3 Å². The standard InChI is InChI=1S/C26H28BrN3O2/c27-21-7-5-19(6-8-21)25(31)30-15-11-20(12-16-30)26(32)29-13-9-18(10-14-29)23-17-28-24-4-2-1-3-22(23)24/h1-8,17-18,20,28H,9-16H2. The number of fused-ring (bicyclic) bond motifs is 1. The van der Waals surface area contributed by atoms with Crippen LogP contribution in [0.15, 0.2) is 59.2 Å². The summed E-state index contributed by atoms with van der Waals surface area (Å²) in [6.45, 7) is 2.94. The minimum Gasteiger partial charge on any atom is -0.361 e. The fourth-order valence-electron chi connectivity index (χ4n) is 5.21. The van der Waals surface area contributed by atoms with Crippen LogP contribution in [0.4, 0.5) is 0 Å². The molecule has 2 amide bonds. The lowest BCUT2D eigenvalue weighted by Crippen LogP contribution is -2.46. The van der Waals surface area contributed by atoms with Crippen molar-refractivity contribution < 1.29 is 9.59 Å². The third-order valence-corrected chi connectivity index (χ3v) is 7.62. The molecule has 2 saturated heterocycles. The minimum atomic E-state index is 0.0357. The van der Waals surface area contributed by atoms with Crippen molar-refractivity contribution >= 4 is 38.6 Å². The second kappa shape index (κ2) is 9.10. The Morgan fingerprint density at radius 2 is 1.50 bits per heavy atom. The molecule has 2 aliphatic rings. The third kappa shape index (κ3) is 4.20. The van der Waals surface area contributed by atoms with Gasteiger partial charge in [0.1, 0.15) is 0 Å². The van der Waals surface area contributed by atoms with Gasteiger partial charge in [-0.3, -0.25) is 9.59 Å². The molecule has 5 nitrogen and oxygen atoms in total. The highest BCUT2D eigenvalue weighted by atomic mass is 79.9. The summed E-state index contributed by atoms with van der Waals surface area (Å²) in [5, 5.41) is 1.31. The number of benzene rings is 2. The van der Waals surface area contributed by atoms with Gasteiger partial charge < -0.3 is 14.8 Å². The van der Waals surface area contributed by atoms with Crippen LogP contribution in [-0.2, 0) is 4.79 Å². The predicted octanol–water partition coefficient (Wildman–Crippen LogP) is 5.19. The number of carbonyl (C=O) groups excluding carboxylic acids is 2. The van der Waals surface area contributed by atoms with Gasteiger partial charge >= 0.3 is 0 Å². The van der Waals surface area contributed by atoms with E-state index in [-0.39, 0.29) is 17.7 Å². The second-order valence-corrected chi connectivity index (χ2v) is 9.88. The number of likely N-dealkylation sites (tertiary alicyclic amines) is 2. The molecule has 0 aliphatic carbocycles. The zero-order chi connectivity index (χ0) is 22.1. The van der Waals surface area contributed by atoms with E-state index in [4.69, 9.17) is 0 Å². The van der Waals surface area contributed by atoms with Gasteiger partial charge in [0.15, 0.2) is 0 Å². The summed E-state index contributed by atoms with van der Waals surface area (Å²) >= 11 is 3.41. The number of nitrogens with one attached hydrogen (secondary N) is 1. The van der Waals surface area contributed by atoms with Gasteiger partial charge in [0, 0.05) is 59.2 Å². The molecule has 2 fully saturated rings. The molecule has 1 aromatic heterocycles. The van der Waals surface area contributed by atoms with Gasteiger partial charge in [-0.2, -0.15) is 0 Å². The lowest BCUT2D eigenvalue weighted by Gasteiger charge is -2.37. The summed E-state index contributed by atoms with van der Waals surface area (Å²) in [6.07, 6.45) is 5.67. The number of rotatable bonds is 3. The highest BCUT2D eigenvalue weighted by Crippen LogP contribution is 2.34. The van der Waals surface area contributed by atoms with E-state index in [2.05, 4.69) is 56.3 Å². The van der Waals surface area contributed by atoms with Crippen molar-refractivity contribution in [2.45, 2.75) is 31.6 Å². The SMILES string of the molecule is O=C(c1ccc(Br)cc1)N1CCC(C(=O)N2CCC(c3c[nH]c4ccccc34)CC2)CC1. The Kier molecular flexibility index (Phi) is 6.05. The average Bonchev–Trinajstić information content (AvgIpc) is 3.28. The molecule has 0 radical (unpaired) electrons. The monoisotopic (exact) mass is 493 g/mol. The van der Waals surface area contributed by atoms with Crippen LogP contribution in [0.25, 0.3) is 10.9 Å². The fourth-order valence-corrected chi connectivity index (χ4v) is 5.47. The Morgan fingerprint density at radius 3 is 2.22 bits per heavy atom. The first-order valence-corrected chi connectivity index (χ1v) is 12.3. The van der Waals surface area contributed by atoms with Crippen molar-refractivity contribution in [2.75, 3.05) is 26.2 Å². The summed E-state index contributed by atoms with van der Waals surface area (Å²) < 4.78 is 0.965. The summed E-state index contributed by atoms with van der Waals surface area (Å²) in [5.41, 5.74) is 3.27. The van der Waals surface area contributed by atoms with Crippen molar-refractivity contribution in [1.29, 1.82) is 0 Å². The van der Waals surface area contributed by atoms with E-state index in [0.29, 0.717) is 24.6 Å². The lowest BCUT2D eigenvalue weighted by atomic mass is 9.88. The quantitative estimate of drug-likeness (QED) is 0.545. The zero-order valence-electron chi connectivity index (χ0n) is 18.1. The van der Waals surface area contributed by atoms with Crippen molar-refractivity contribution in [3.8, 4) is 0 Å². The Balaban J connectivity index is 1.14. The number of H-pyrrole nitrogens is 1. The molecule has 6 heteroatoms. The van der Waals surface area contributed by atoms with Crippen LogP contribution in [0.1, 0.15) is 47.5 Å². The first-order valence-electron chi connectivity index (χ1n) is 11.5. The number of aromatic nitrogens is 1. The van der Waals surface area contributed by atoms with Crippen LogP contribution in [-0.4, -0.2) is 52.8 Å². The number of piperidine rings is 2. The number of nitrogens with zero attached hydrogens (tertiary/aromatic N) is 2. The van der Waals surface area contributed by atoms with Crippen LogP contribution in [0.3, 0.4) is 0 Å². The van der Waals surface area contributed by atoms with Gasteiger partial charge in [-0.15, -0.1) is 0 Å². The molecule has 3 heterocycles.